The number of phosphoric acid groups is 1. The third kappa shape index (κ3) is 69.6. The Morgan fingerprint density at radius 3 is 1.73 bits per heavy atom. The average Bonchev–Trinajstić information content (AvgIpc) is 1.59. The third-order valence-electron chi connectivity index (χ3n) is 0.911. The maximum Gasteiger partial charge on any atom is 1.00 e. The molecule has 0 radical (unpaired) electrons. The van der Waals surface area contributed by atoms with E-state index in [0.29, 0.717) is 0 Å². The van der Waals surface area contributed by atoms with Gasteiger partial charge in [-0.2, -0.15) is 0 Å². The van der Waals surface area contributed by atoms with Crippen molar-refractivity contribution in [1.29, 1.82) is 0 Å². The van der Waals surface area contributed by atoms with Crippen LogP contribution in [0.5, 0.6) is 0 Å². The molecule has 0 aromatic carbocycles. The summed E-state index contributed by atoms with van der Waals surface area (Å²) in [5.41, 5.74) is 5.58. The van der Waals surface area contributed by atoms with Crippen molar-refractivity contribution < 1.29 is 22.1 Å². The van der Waals surface area contributed by atoms with Crippen LogP contribution in [0, 0.1) is 0 Å². The predicted octanol–water partition coefficient (Wildman–Crippen LogP) is -0.834. The zero-order valence-electron chi connectivity index (χ0n) is 8.90. The van der Waals surface area contributed by atoms with Crippen LogP contribution in [-0.2, 0) is 4.57 Å². The molecule has 70 valence electrons. The maximum atomic E-state index is 8.66. The van der Waals surface area contributed by atoms with Crippen molar-refractivity contribution in [2.75, 3.05) is 0 Å². The van der Waals surface area contributed by atoms with Crippen molar-refractivity contribution in [2.45, 2.75) is 32.7 Å². The highest BCUT2D eigenvalue weighted by molar-refractivity contribution is 7.42. The van der Waals surface area contributed by atoms with Gasteiger partial charge in [0.25, 0.3) is 0 Å². The first-order chi connectivity index (χ1) is 4.56. The van der Waals surface area contributed by atoms with E-state index in [0.717, 1.165) is 6.42 Å². The molecule has 0 saturated carbocycles. The van der Waals surface area contributed by atoms with Crippen LogP contribution in [0.25, 0.3) is 0 Å². The highest BCUT2D eigenvalue weighted by atomic mass is 31.2. The Balaban J connectivity index is -0.0000000546. The molecule has 0 aliphatic carbocycles. The van der Waals surface area contributed by atoms with E-state index in [1.54, 1.807) is 0 Å². The number of rotatable bonds is 1. The van der Waals surface area contributed by atoms with Crippen LogP contribution in [-0.4, -0.2) is 10.4 Å². The second-order valence-electron chi connectivity index (χ2n) is 2.81. The van der Waals surface area contributed by atoms with Gasteiger partial charge in [0.15, 0.2) is 0 Å². The normalized spacial score (nSPS) is 11.9. The van der Waals surface area contributed by atoms with E-state index in [1.807, 2.05) is 13.8 Å². The molecule has 0 heterocycles. The van der Waals surface area contributed by atoms with E-state index in [2.05, 4.69) is 6.92 Å². The number of hydrogen-bond acceptors (Lipinski definition) is 4. The smallest absolute Gasteiger partial charge is 0.790 e. The molecule has 0 aromatic heterocycles. The lowest BCUT2D eigenvalue weighted by Crippen LogP contribution is -2.30. The van der Waals surface area contributed by atoms with Gasteiger partial charge in [0.1, 0.15) is 0 Å². The molecular weight excluding hydrogens is 169 g/mol. The molecule has 0 fully saturated rings. The molecule has 0 aromatic rings. The summed E-state index contributed by atoms with van der Waals surface area (Å²) in [6, 6.07) is 0. The summed E-state index contributed by atoms with van der Waals surface area (Å²) in [5.74, 6) is 0. The van der Waals surface area contributed by atoms with E-state index < -0.39 is 7.82 Å². The van der Waals surface area contributed by atoms with Crippen LogP contribution in [0.2, 0.25) is 0 Å². The zero-order valence-corrected chi connectivity index (χ0v) is 7.80. The fraction of sp³-hybridized carbons (Fsp3) is 1.00. The summed E-state index contributed by atoms with van der Waals surface area (Å²) in [6.07, 6.45) is 1.05. The van der Waals surface area contributed by atoms with Crippen molar-refractivity contribution in [3.8, 4) is 0 Å². The van der Waals surface area contributed by atoms with Crippen molar-refractivity contribution in [3.05, 3.63) is 0 Å². The predicted molar refractivity (Wildman–Crippen MR) is 40.6 cm³/mol. The Hall–Kier alpha value is 0.0700. The Morgan fingerprint density at radius 2 is 1.73 bits per heavy atom. The monoisotopic (exact) mass is 185 g/mol. The minimum atomic E-state index is -5.14. The van der Waals surface area contributed by atoms with Gasteiger partial charge in [-0.15, -0.1) is 0 Å². The molecule has 0 aliphatic rings. The van der Waals surface area contributed by atoms with Gasteiger partial charge in [-0.05, 0) is 20.3 Å². The summed E-state index contributed by atoms with van der Waals surface area (Å²) < 4.78 is 8.66. The molecule has 3 N–H and O–H groups in total. The van der Waals surface area contributed by atoms with Gasteiger partial charge < -0.3 is 25.0 Å². The first-order valence-electron chi connectivity index (χ1n) is 3.10. The Kier molecular flexibility index (Phi) is 6.02. The van der Waals surface area contributed by atoms with E-state index in [-0.39, 0.29) is 8.39 Å². The molecule has 11 heavy (non-hydrogen) atoms. The van der Waals surface area contributed by atoms with Crippen LogP contribution >= 0.6 is 7.82 Å². The molecule has 0 atom stereocenters. The first-order valence-corrected chi connectivity index (χ1v) is 4.59. The first kappa shape index (κ1) is 13.6. The molecule has 0 saturated heterocycles. The molecular formula is C5H16NO4P. The SMILES string of the molecule is CCC(C)(C)N.O=P([O-])([O-])O.[H+].[H+]. The molecule has 0 amide bonds. The molecule has 6 heteroatoms. The lowest BCUT2D eigenvalue weighted by Gasteiger charge is -2.19. The highest BCUT2D eigenvalue weighted by Crippen LogP contribution is 2.11. The molecule has 0 aliphatic heterocycles. The van der Waals surface area contributed by atoms with Gasteiger partial charge in [0.05, 0.1) is 7.82 Å². The van der Waals surface area contributed by atoms with Crippen molar-refractivity contribution in [1.82, 2.24) is 0 Å². The zero-order chi connectivity index (χ0) is 9.71. The van der Waals surface area contributed by atoms with Crippen molar-refractivity contribution >= 4 is 7.82 Å². The molecule has 0 unspecified atom stereocenters. The fourth-order valence-electron chi connectivity index (χ4n) is 0. The second kappa shape index (κ2) is 4.85. The van der Waals surface area contributed by atoms with Gasteiger partial charge in [-0.1, -0.05) is 6.92 Å². The summed E-state index contributed by atoms with van der Waals surface area (Å²) >= 11 is 0. The topological polar surface area (TPSA) is 109 Å². The lowest BCUT2D eigenvalue weighted by molar-refractivity contribution is -0.337. The van der Waals surface area contributed by atoms with Gasteiger partial charge in [0, 0.05) is 5.54 Å². The largest absolute Gasteiger partial charge is 1.00 e. The minimum Gasteiger partial charge on any atom is -0.790 e. The Morgan fingerprint density at radius 1 is 1.64 bits per heavy atom. The molecule has 5 nitrogen and oxygen atoms in total. The Labute approximate surface area is 69.4 Å². The maximum absolute atomic E-state index is 8.66. The minimum absolute atomic E-state index is 0. The molecule has 0 bridgehead atoms. The average molecular weight is 185 g/mol. The van der Waals surface area contributed by atoms with Gasteiger partial charge in [0.2, 0.25) is 0 Å². The van der Waals surface area contributed by atoms with Crippen molar-refractivity contribution in [2.24, 2.45) is 5.73 Å². The molecule has 0 rings (SSSR count). The Bertz CT molecular complexity index is 136. The van der Waals surface area contributed by atoms with Crippen LogP contribution in [0.15, 0.2) is 0 Å². The van der Waals surface area contributed by atoms with Crippen LogP contribution in [0.3, 0.4) is 0 Å². The third-order valence-corrected chi connectivity index (χ3v) is 0.911. The van der Waals surface area contributed by atoms with Crippen molar-refractivity contribution in [3.63, 3.8) is 0 Å². The number of nitrogens with two attached hydrogens (primary N) is 1. The van der Waals surface area contributed by atoms with E-state index in [1.165, 1.54) is 0 Å². The quantitative estimate of drug-likeness (QED) is 0.518. The van der Waals surface area contributed by atoms with Crippen LogP contribution in [0.1, 0.15) is 30.0 Å². The van der Waals surface area contributed by atoms with E-state index in [4.69, 9.17) is 25.0 Å². The molecule has 0 spiro atoms. The van der Waals surface area contributed by atoms with Crippen LogP contribution in [0.4, 0.5) is 0 Å². The van der Waals surface area contributed by atoms with Gasteiger partial charge in [-0.25, -0.2) is 0 Å². The van der Waals surface area contributed by atoms with Gasteiger partial charge in [-0.3, -0.25) is 0 Å². The summed E-state index contributed by atoms with van der Waals surface area (Å²) in [5, 5.41) is 0. The summed E-state index contributed by atoms with van der Waals surface area (Å²) in [4.78, 5) is 24.3. The number of hydrogen-bond donors (Lipinski definition) is 2. The summed E-state index contributed by atoms with van der Waals surface area (Å²) in [6.45, 7) is 6.12. The van der Waals surface area contributed by atoms with Crippen LogP contribution < -0.4 is 15.5 Å². The van der Waals surface area contributed by atoms with Gasteiger partial charge >= 0.3 is 2.85 Å². The van der Waals surface area contributed by atoms with E-state index >= 15 is 0 Å². The summed E-state index contributed by atoms with van der Waals surface area (Å²) in [7, 11) is -5.14. The lowest BCUT2D eigenvalue weighted by atomic mass is 10.1. The second-order valence-corrected chi connectivity index (χ2v) is 3.75. The highest BCUT2D eigenvalue weighted by Gasteiger charge is 2.03. The van der Waals surface area contributed by atoms with E-state index in [9.17, 15) is 0 Å². The standard InChI is InChI=1S/C5H13N.H3O4P/c1-4-5(2,3)6;1-5(2,3)4/h4,6H2,1-3H3;(H3,1,2,3,4). The fourth-order valence-corrected chi connectivity index (χ4v) is 0.